The van der Waals surface area contributed by atoms with Crippen molar-refractivity contribution in [1.82, 2.24) is 9.13 Å². The quantitative estimate of drug-likeness (QED) is 0.722. The summed E-state index contributed by atoms with van der Waals surface area (Å²) in [5.41, 5.74) is 0.364. The normalized spacial score (nSPS) is 10.7. The van der Waals surface area contributed by atoms with Crippen LogP contribution in [0, 0.1) is 0 Å². The fourth-order valence-electron chi connectivity index (χ4n) is 2.75. The lowest BCUT2D eigenvalue weighted by Crippen LogP contribution is -2.40. The standard InChI is InChI=1S/C19H17N3O4/c1-12(23)13-6-5-7-14(10-13)20-17(24)11-22-16-9-4-3-8-15(16)18(25)21(2)19(22)26/h3-10H,11H2,1-2H3,(H,20,24). The average molecular weight is 351 g/mol. The molecule has 3 rings (SSSR count). The Morgan fingerprint density at radius 2 is 1.77 bits per heavy atom. The Morgan fingerprint density at radius 1 is 1.04 bits per heavy atom. The Bertz CT molecular complexity index is 1140. The molecule has 0 unspecified atom stereocenters. The molecule has 0 radical (unpaired) electrons. The molecule has 132 valence electrons. The third-order valence-electron chi connectivity index (χ3n) is 4.10. The molecule has 0 aliphatic heterocycles. The van der Waals surface area contributed by atoms with E-state index in [0.29, 0.717) is 22.2 Å². The van der Waals surface area contributed by atoms with E-state index in [1.54, 1.807) is 48.5 Å². The molecule has 0 saturated carbocycles. The predicted octanol–water partition coefficient (Wildman–Crippen LogP) is 1.54. The number of nitrogens with one attached hydrogen (secondary N) is 1. The second kappa shape index (κ2) is 6.79. The summed E-state index contributed by atoms with van der Waals surface area (Å²) in [5, 5.41) is 3.04. The third-order valence-corrected chi connectivity index (χ3v) is 4.10. The van der Waals surface area contributed by atoms with Gasteiger partial charge in [-0.15, -0.1) is 0 Å². The van der Waals surface area contributed by atoms with Crippen molar-refractivity contribution in [2.24, 2.45) is 7.05 Å². The number of nitrogens with zero attached hydrogens (tertiary/aromatic N) is 2. The van der Waals surface area contributed by atoms with Crippen molar-refractivity contribution < 1.29 is 9.59 Å². The van der Waals surface area contributed by atoms with Crippen LogP contribution in [0.15, 0.2) is 58.1 Å². The molecular formula is C19H17N3O4. The summed E-state index contributed by atoms with van der Waals surface area (Å²) in [6.07, 6.45) is 0. The van der Waals surface area contributed by atoms with Gasteiger partial charge in [0.2, 0.25) is 5.91 Å². The van der Waals surface area contributed by atoms with Crippen molar-refractivity contribution in [2.45, 2.75) is 13.5 Å². The number of fused-ring (bicyclic) bond motifs is 1. The van der Waals surface area contributed by atoms with Crippen molar-refractivity contribution >= 4 is 28.3 Å². The molecule has 1 N–H and O–H groups in total. The second-order valence-electron chi connectivity index (χ2n) is 5.94. The van der Waals surface area contributed by atoms with Gasteiger partial charge in [0.05, 0.1) is 10.9 Å². The molecule has 7 heteroatoms. The summed E-state index contributed by atoms with van der Waals surface area (Å²) in [7, 11) is 1.38. The van der Waals surface area contributed by atoms with Gasteiger partial charge < -0.3 is 5.32 Å². The van der Waals surface area contributed by atoms with E-state index in [9.17, 15) is 19.2 Å². The number of hydrogen-bond acceptors (Lipinski definition) is 4. The topological polar surface area (TPSA) is 90.2 Å². The molecule has 0 bridgehead atoms. The van der Waals surface area contributed by atoms with E-state index in [4.69, 9.17) is 0 Å². The maximum atomic E-state index is 12.4. The molecule has 0 saturated heterocycles. The van der Waals surface area contributed by atoms with Crippen LogP contribution < -0.4 is 16.6 Å². The lowest BCUT2D eigenvalue weighted by molar-refractivity contribution is -0.116. The van der Waals surface area contributed by atoms with Gasteiger partial charge in [-0.25, -0.2) is 4.79 Å². The van der Waals surface area contributed by atoms with Crippen LogP contribution in [0.5, 0.6) is 0 Å². The number of carbonyl (C=O) groups is 2. The molecule has 0 atom stereocenters. The van der Waals surface area contributed by atoms with Crippen LogP contribution in [-0.4, -0.2) is 20.8 Å². The highest BCUT2D eigenvalue weighted by Crippen LogP contribution is 2.12. The van der Waals surface area contributed by atoms with Gasteiger partial charge in [0, 0.05) is 18.3 Å². The number of hydrogen-bond donors (Lipinski definition) is 1. The summed E-state index contributed by atoms with van der Waals surface area (Å²) in [4.78, 5) is 48.5. The molecule has 7 nitrogen and oxygen atoms in total. The Morgan fingerprint density at radius 3 is 2.50 bits per heavy atom. The van der Waals surface area contributed by atoms with Crippen molar-refractivity contribution in [1.29, 1.82) is 0 Å². The second-order valence-corrected chi connectivity index (χ2v) is 5.94. The number of benzene rings is 2. The summed E-state index contributed by atoms with van der Waals surface area (Å²) < 4.78 is 2.23. The van der Waals surface area contributed by atoms with Crippen LogP contribution in [0.2, 0.25) is 0 Å². The van der Waals surface area contributed by atoms with Crippen LogP contribution in [0.3, 0.4) is 0 Å². The Balaban J connectivity index is 1.96. The predicted molar refractivity (Wildman–Crippen MR) is 98.5 cm³/mol. The SMILES string of the molecule is CC(=O)c1cccc(NC(=O)Cn2c(=O)n(C)c(=O)c3ccccc32)c1. The van der Waals surface area contributed by atoms with E-state index in [-0.39, 0.29) is 12.3 Å². The van der Waals surface area contributed by atoms with Gasteiger partial charge in [0.1, 0.15) is 6.54 Å². The molecule has 1 heterocycles. The Labute approximate surface area is 148 Å². The Hall–Kier alpha value is -3.48. The zero-order chi connectivity index (χ0) is 18.8. The minimum Gasteiger partial charge on any atom is -0.325 e. The van der Waals surface area contributed by atoms with Crippen LogP contribution in [0.4, 0.5) is 5.69 Å². The molecule has 26 heavy (non-hydrogen) atoms. The molecule has 0 aliphatic carbocycles. The van der Waals surface area contributed by atoms with Gasteiger partial charge >= 0.3 is 5.69 Å². The van der Waals surface area contributed by atoms with Gasteiger partial charge in [-0.05, 0) is 31.2 Å². The van der Waals surface area contributed by atoms with Crippen LogP contribution in [-0.2, 0) is 18.4 Å². The number of anilines is 1. The summed E-state index contributed by atoms with van der Waals surface area (Å²) in [6.45, 7) is 1.19. The van der Waals surface area contributed by atoms with E-state index < -0.39 is 17.2 Å². The number of carbonyl (C=O) groups excluding carboxylic acids is 2. The van der Waals surface area contributed by atoms with Crippen LogP contribution in [0.1, 0.15) is 17.3 Å². The minimum atomic E-state index is -0.568. The smallest absolute Gasteiger partial charge is 0.325 e. The van der Waals surface area contributed by atoms with E-state index in [1.165, 1.54) is 18.5 Å². The maximum Gasteiger partial charge on any atom is 0.331 e. The van der Waals surface area contributed by atoms with Crippen LogP contribution in [0.25, 0.3) is 10.9 Å². The lowest BCUT2D eigenvalue weighted by atomic mass is 10.1. The summed E-state index contributed by atoms with van der Waals surface area (Å²) >= 11 is 0. The van der Waals surface area contributed by atoms with E-state index >= 15 is 0 Å². The number of ketones is 1. The summed E-state index contributed by atoms with van der Waals surface area (Å²) in [5.74, 6) is -0.544. The first-order valence-corrected chi connectivity index (χ1v) is 7.98. The molecule has 1 amide bonds. The number of aromatic nitrogens is 2. The first kappa shape index (κ1) is 17.3. The van der Waals surface area contributed by atoms with Gasteiger partial charge in [-0.1, -0.05) is 24.3 Å². The maximum absolute atomic E-state index is 12.4. The highest BCUT2D eigenvalue weighted by molar-refractivity contribution is 5.97. The number of rotatable bonds is 4. The number of para-hydroxylation sites is 1. The van der Waals surface area contributed by atoms with Crippen molar-refractivity contribution in [3.05, 3.63) is 74.9 Å². The largest absolute Gasteiger partial charge is 0.331 e. The first-order chi connectivity index (χ1) is 12.4. The minimum absolute atomic E-state index is 0.110. The average Bonchev–Trinajstić information content (AvgIpc) is 2.63. The fourth-order valence-corrected chi connectivity index (χ4v) is 2.75. The molecular weight excluding hydrogens is 334 g/mol. The van der Waals surface area contributed by atoms with Gasteiger partial charge in [0.15, 0.2) is 5.78 Å². The van der Waals surface area contributed by atoms with Crippen LogP contribution >= 0.6 is 0 Å². The molecule has 0 fully saturated rings. The first-order valence-electron chi connectivity index (χ1n) is 7.98. The number of amides is 1. The van der Waals surface area contributed by atoms with Gasteiger partial charge in [-0.2, -0.15) is 0 Å². The molecule has 1 aromatic heterocycles. The molecule has 0 aliphatic rings. The van der Waals surface area contributed by atoms with Crippen molar-refractivity contribution in [3.8, 4) is 0 Å². The zero-order valence-electron chi connectivity index (χ0n) is 14.4. The molecule has 3 aromatic rings. The zero-order valence-corrected chi connectivity index (χ0v) is 14.4. The number of Topliss-reactive ketones (excluding diaryl/α,β-unsaturated/α-hetero) is 1. The highest BCUT2D eigenvalue weighted by Gasteiger charge is 2.13. The van der Waals surface area contributed by atoms with Gasteiger partial charge in [-0.3, -0.25) is 23.5 Å². The monoisotopic (exact) mass is 351 g/mol. The fraction of sp³-hybridized carbons (Fsp3) is 0.158. The van der Waals surface area contributed by atoms with Crippen molar-refractivity contribution in [3.63, 3.8) is 0 Å². The lowest BCUT2D eigenvalue weighted by Gasteiger charge is -2.12. The summed E-state index contributed by atoms with van der Waals surface area (Å²) in [6, 6.07) is 13.2. The van der Waals surface area contributed by atoms with E-state index in [2.05, 4.69) is 5.32 Å². The van der Waals surface area contributed by atoms with E-state index in [1.807, 2.05) is 0 Å². The van der Waals surface area contributed by atoms with E-state index in [0.717, 1.165) is 4.57 Å². The van der Waals surface area contributed by atoms with Gasteiger partial charge in [0.25, 0.3) is 5.56 Å². The van der Waals surface area contributed by atoms with Crippen molar-refractivity contribution in [2.75, 3.05) is 5.32 Å². The highest BCUT2D eigenvalue weighted by atomic mass is 16.2. The molecule has 0 spiro atoms. The molecule has 2 aromatic carbocycles. The third kappa shape index (κ3) is 3.19. The Kier molecular flexibility index (Phi) is 4.53.